The average Bonchev–Trinajstić information content (AvgIpc) is 3.32. The van der Waals surface area contributed by atoms with Crippen molar-refractivity contribution in [3.63, 3.8) is 0 Å². The molecule has 1 N–H and O–H groups in total. The van der Waals surface area contributed by atoms with Gasteiger partial charge in [-0.25, -0.2) is 0 Å². The molecule has 0 radical (unpaired) electrons. The summed E-state index contributed by atoms with van der Waals surface area (Å²) in [5.41, 5.74) is 1.10. The molecular weight excluding hydrogens is 336 g/mol. The van der Waals surface area contributed by atoms with Crippen molar-refractivity contribution < 1.29 is 14.3 Å². The average molecular weight is 358 g/mol. The zero-order valence-corrected chi connectivity index (χ0v) is 15.2. The van der Waals surface area contributed by atoms with Gasteiger partial charge in [0.1, 0.15) is 11.8 Å². The predicted molar refractivity (Wildman–Crippen MR) is 97.9 cm³/mol. The van der Waals surface area contributed by atoms with Gasteiger partial charge in [0.25, 0.3) is 5.91 Å². The van der Waals surface area contributed by atoms with Crippen LogP contribution in [0, 0.1) is 0 Å². The number of hydrogen-bond acceptors (Lipinski definition) is 4. The van der Waals surface area contributed by atoms with Crippen LogP contribution in [0.5, 0.6) is 5.75 Å². The van der Waals surface area contributed by atoms with E-state index < -0.39 is 6.04 Å². The fourth-order valence-corrected chi connectivity index (χ4v) is 3.82. The SMILES string of the molecule is COc1ccc([C@@H]2CCCN2C(=O)[C@H](C)NC(=O)c2cccs2)cc1. The van der Waals surface area contributed by atoms with Gasteiger partial charge in [0, 0.05) is 6.54 Å². The standard InChI is InChI=1S/C19H22N2O3S/c1-13(20-18(22)17-6-4-12-25-17)19(23)21-11-3-5-16(21)14-7-9-15(24-2)10-8-14/h4,6-10,12-13,16H,3,5,11H2,1-2H3,(H,20,22)/t13-,16-/m0/s1. The third kappa shape index (κ3) is 3.85. The van der Waals surface area contributed by atoms with Crippen LogP contribution in [-0.2, 0) is 4.79 Å². The molecule has 0 spiro atoms. The molecule has 132 valence electrons. The van der Waals surface area contributed by atoms with E-state index >= 15 is 0 Å². The molecule has 5 nitrogen and oxygen atoms in total. The molecule has 1 aromatic carbocycles. The Labute approximate surface area is 151 Å². The molecule has 1 aliphatic heterocycles. The van der Waals surface area contributed by atoms with Gasteiger partial charge in [-0.15, -0.1) is 11.3 Å². The van der Waals surface area contributed by atoms with Crippen molar-refractivity contribution in [2.45, 2.75) is 31.8 Å². The van der Waals surface area contributed by atoms with Gasteiger partial charge in [-0.05, 0) is 48.9 Å². The van der Waals surface area contributed by atoms with Crippen molar-refractivity contribution in [1.29, 1.82) is 0 Å². The summed E-state index contributed by atoms with van der Waals surface area (Å²) >= 11 is 1.37. The largest absolute Gasteiger partial charge is 0.497 e. The van der Waals surface area contributed by atoms with Gasteiger partial charge >= 0.3 is 0 Å². The van der Waals surface area contributed by atoms with Gasteiger partial charge in [-0.2, -0.15) is 0 Å². The highest BCUT2D eigenvalue weighted by Crippen LogP contribution is 2.33. The molecule has 1 aromatic heterocycles. The van der Waals surface area contributed by atoms with Crippen LogP contribution in [0.4, 0.5) is 0 Å². The maximum atomic E-state index is 12.8. The molecule has 0 aliphatic carbocycles. The number of carbonyl (C=O) groups excluding carboxylic acids is 2. The first-order valence-corrected chi connectivity index (χ1v) is 9.27. The highest BCUT2D eigenvalue weighted by Gasteiger charge is 2.33. The van der Waals surface area contributed by atoms with Gasteiger partial charge < -0.3 is 15.0 Å². The first kappa shape index (κ1) is 17.5. The van der Waals surface area contributed by atoms with Crippen LogP contribution in [0.3, 0.4) is 0 Å². The van der Waals surface area contributed by atoms with E-state index in [2.05, 4.69) is 5.32 Å². The maximum Gasteiger partial charge on any atom is 0.261 e. The van der Waals surface area contributed by atoms with Crippen molar-refractivity contribution in [1.82, 2.24) is 10.2 Å². The Balaban J connectivity index is 1.68. The van der Waals surface area contributed by atoms with Gasteiger partial charge in [0.15, 0.2) is 0 Å². The number of nitrogens with zero attached hydrogens (tertiary/aromatic N) is 1. The summed E-state index contributed by atoms with van der Waals surface area (Å²) in [5.74, 6) is 0.565. The zero-order chi connectivity index (χ0) is 17.8. The summed E-state index contributed by atoms with van der Waals surface area (Å²) in [7, 11) is 1.64. The van der Waals surface area contributed by atoms with E-state index in [1.54, 1.807) is 20.1 Å². The smallest absolute Gasteiger partial charge is 0.261 e. The Hall–Kier alpha value is -2.34. The number of likely N-dealkylation sites (tertiary alicyclic amines) is 1. The summed E-state index contributed by atoms with van der Waals surface area (Å²) < 4.78 is 5.20. The third-order valence-corrected chi connectivity index (χ3v) is 5.37. The Morgan fingerprint density at radius 1 is 1.28 bits per heavy atom. The molecule has 0 saturated carbocycles. The molecule has 2 amide bonds. The predicted octanol–water partition coefficient (Wildman–Crippen LogP) is 3.24. The number of amides is 2. The lowest BCUT2D eigenvalue weighted by molar-refractivity contribution is -0.133. The number of methoxy groups -OCH3 is 1. The molecule has 25 heavy (non-hydrogen) atoms. The fraction of sp³-hybridized carbons (Fsp3) is 0.368. The monoisotopic (exact) mass is 358 g/mol. The Kier molecular flexibility index (Phi) is 5.38. The Morgan fingerprint density at radius 3 is 2.68 bits per heavy atom. The second kappa shape index (κ2) is 7.70. The molecule has 3 rings (SSSR count). The lowest BCUT2D eigenvalue weighted by Gasteiger charge is -2.28. The van der Waals surface area contributed by atoms with Crippen molar-refractivity contribution in [2.24, 2.45) is 0 Å². The van der Waals surface area contributed by atoms with Crippen LogP contribution < -0.4 is 10.1 Å². The summed E-state index contributed by atoms with van der Waals surface area (Å²) in [6.45, 7) is 2.46. The molecule has 0 bridgehead atoms. The maximum absolute atomic E-state index is 12.8. The van der Waals surface area contributed by atoms with Crippen LogP contribution in [0.1, 0.15) is 41.0 Å². The molecule has 2 atom stereocenters. The van der Waals surface area contributed by atoms with E-state index in [4.69, 9.17) is 4.74 Å². The van der Waals surface area contributed by atoms with Crippen LogP contribution in [0.25, 0.3) is 0 Å². The van der Waals surface area contributed by atoms with Crippen molar-refractivity contribution in [3.05, 3.63) is 52.2 Å². The quantitative estimate of drug-likeness (QED) is 0.893. The highest BCUT2D eigenvalue weighted by atomic mass is 32.1. The van der Waals surface area contributed by atoms with E-state index in [0.717, 1.165) is 30.7 Å². The minimum atomic E-state index is -0.548. The van der Waals surface area contributed by atoms with Gasteiger partial charge in [0.2, 0.25) is 5.91 Å². The zero-order valence-electron chi connectivity index (χ0n) is 14.4. The molecule has 1 aliphatic rings. The second-order valence-electron chi connectivity index (χ2n) is 6.14. The van der Waals surface area contributed by atoms with E-state index in [1.165, 1.54) is 11.3 Å². The number of thiophene rings is 1. The van der Waals surface area contributed by atoms with Gasteiger partial charge in [-0.3, -0.25) is 9.59 Å². The topological polar surface area (TPSA) is 58.6 Å². The molecule has 2 aromatic rings. The number of ether oxygens (including phenoxy) is 1. The summed E-state index contributed by atoms with van der Waals surface area (Å²) in [4.78, 5) is 27.5. The lowest BCUT2D eigenvalue weighted by atomic mass is 10.0. The minimum Gasteiger partial charge on any atom is -0.497 e. The lowest BCUT2D eigenvalue weighted by Crippen LogP contribution is -2.46. The summed E-state index contributed by atoms with van der Waals surface area (Å²) in [6, 6.07) is 10.9. The Morgan fingerprint density at radius 2 is 2.04 bits per heavy atom. The summed E-state index contributed by atoms with van der Waals surface area (Å²) in [5, 5.41) is 4.66. The van der Waals surface area contributed by atoms with Gasteiger partial charge in [-0.1, -0.05) is 18.2 Å². The Bertz CT molecular complexity index is 728. The van der Waals surface area contributed by atoms with Crippen LogP contribution >= 0.6 is 11.3 Å². The van der Waals surface area contributed by atoms with Crippen LogP contribution in [-0.4, -0.2) is 36.4 Å². The molecule has 0 unspecified atom stereocenters. The fourth-order valence-electron chi connectivity index (χ4n) is 3.19. The van der Waals surface area contributed by atoms with E-state index in [0.29, 0.717) is 4.88 Å². The highest BCUT2D eigenvalue weighted by molar-refractivity contribution is 7.12. The van der Waals surface area contributed by atoms with Crippen molar-refractivity contribution in [3.8, 4) is 5.75 Å². The number of rotatable bonds is 5. The molecular formula is C19H22N2O3S. The minimum absolute atomic E-state index is 0.0387. The summed E-state index contributed by atoms with van der Waals surface area (Å²) in [6.07, 6.45) is 1.90. The van der Waals surface area contributed by atoms with Crippen LogP contribution in [0.2, 0.25) is 0 Å². The number of nitrogens with one attached hydrogen (secondary N) is 1. The van der Waals surface area contributed by atoms with Crippen LogP contribution in [0.15, 0.2) is 41.8 Å². The van der Waals surface area contributed by atoms with E-state index in [9.17, 15) is 9.59 Å². The molecule has 6 heteroatoms. The number of carbonyl (C=O) groups is 2. The second-order valence-corrected chi connectivity index (χ2v) is 7.08. The molecule has 1 fully saturated rings. The number of benzene rings is 1. The van der Waals surface area contributed by atoms with E-state index in [-0.39, 0.29) is 17.9 Å². The molecule has 1 saturated heterocycles. The molecule has 2 heterocycles. The van der Waals surface area contributed by atoms with Gasteiger partial charge in [0.05, 0.1) is 18.0 Å². The van der Waals surface area contributed by atoms with E-state index in [1.807, 2.05) is 40.6 Å². The van der Waals surface area contributed by atoms with Crippen molar-refractivity contribution >= 4 is 23.2 Å². The number of hydrogen-bond donors (Lipinski definition) is 1. The normalized spacial score (nSPS) is 18.0. The first-order chi connectivity index (χ1) is 12.1. The van der Waals surface area contributed by atoms with Crippen molar-refractivity contribution in [2.75, 3.05) is 13.7 Å². The first-order valence-electron chi connectivity index (χ1n) is 8.39. The third-order valence-electron chi connectivity index (χ3n) is 4.50.